The van der Waals surface area contributed by atoms with Gasteiger partial charge in [0.1, 0.15) is 5.82 Å². The molecule has 0 aliphatic rings. The van der Waals surface area contributed by atoms with E-state index in [0.29, 0.717) is 5.56 Å². The van der Waals surface area contributed by atoms with Crippen LogP contribution in [0.2, 0.25) is 0 Å². The monoisotopic (exact) mass is 249 g/mol. The smallest absolute Gasteiger partial charge is 0.307 e. The zero-order valence-electron chi connectivity index (χ0n) is 9.23. The van der Waals surface area contributed by atoms with E-state index in [1.54, 1.807) is 6.07 Å². The molecule has 0 atom stereocenters. The van der Waals surface area contributed by atoms with Gasteiger partial charge in [-0.1, -0.05) is 18.2 Å². The Morgan fingerprint density at radius 2 is 2.00 bits per heavy atom. The topological polar surface area (TPSA) is 50.2 Å². The summed E-state index contributed by atoms with van der Waals surface area (Å²) in [4.78, 5) is 14.0. The van der Waals surface area contributed by atoms with Gasteiger partial charge in [-0.15, -0.1) is 0 Å². The lowest BCUT2D eigenvalue weighted by Crippen LogP contribution is -2.04. The molecule has 0 fully saturated rings. The molecule has 0 radical (unpaired) electrons. The number of hydrogen-bond acceptors (Lipinski definition) is 2. The molecule has 0 aliphatic heterocycles. The summed E-state index contributed by atoms with van der Waals surface area (Å²) < 4.78 is 26.8. The fourth-order valence-electron chi connectivity index (χ4n) is 1.62. The fourth-order valence-corrected chi connectivity index (χ4v) is 1.62. The van der Waals surface area contributed by atoms with Crippen LogP contribution in [0.15, 0.2) is 36.5 Å². The second-order valence-electron chi connectivity index (χ2n) is 3.72. The van der Waals surface area contributed by atoms with E-state index in [0.717, 1.165) is 0 Å². The number of aromatic nitrogens is 1. The van der Waals surface area contributed by atoms with Gasteiger partial charge >= 0.3 is 5.97 Å². The van der Waals surface area contributed by atoms with Crippen molar-refractivity contribution in [2.45, 2.75) is 6.42 Å². The van der Waals surface area contributed by atoms with Crippen molar-refractivity contribution in [3.05, 3.63) is 53.9 Å². The zero-order chi connectivity index (χ0) is 13.1. The van der Waals surface area contributed by atoms with Crippen LogP contribution in [0.3, 0.4) is 0 Å². The van der Waals surface area contributed by atoms with E-state index >= 15 is 0 Å². The van der Waals surface area contributed by atoms with E-state index in [4.69, 9.17) is 5.11 Å². The van der Waals surface area contributed by atoms with Gasteiger partial charge in [-0.3, -0.25) is 4.79 Å². The fraction of sp³-hybridized carbons (Fsp3) is 0.0769. The van der Waals surface area contributed by atoms with Crippen molar-refractivity contribution < 1.29 is 18.7 Å². The Morgan fingerprint density at radius 3 is 2.67 bits per heavy atom. The molecule has 0 saturated heterocycles. The van der Waals surface area contributed by atoms with Gasteiger partial charge in [0.15, 0.2) is 0 Å². The quantitative estimate of drug-likeness (QED) is 0.851. The predicted octanol–water partition coefficient (Wildman–Crippen LogP) is 2.65. The predicted molar refractivity (Wildman–Crippen MR) is 60.9 cm³/mol. The van der Waals surface area contributed by atoms with Crippen molar-refractivity contribution in [1.29, 1.82) is 0 Å². The third-order valence-corrected chi connectivity index (χ3v) is 2.44. The summed E-state index contributed by atoms with van der Waals surface area (Å²) in [6, 6.07) is 7.27. The van der Waals surface area contributed by atoms with E-state index in [9.17, 15) is 13.6 Å². The zero-order valence-corrected chi connectivity index (χ0v) is 9.23. The number of halogens is 2. The Labute approximate surface area is 102 Å². The third kappa shape index (κ3) is 2.51. The minimum Gasteiger partial charge on any atom is -0.481 e. The van der Waals surface area contributed by atoms with Crippen LogP contribution in [0.5, 0.6) is 0 Å². The molecule has 3 nitrogen and oxygen atoms in total. The van der Waals surface area contributed by atoms with Gasteiger partial charge < -0.3 is 5.11 Å². The van der Waals surface area contributed by atoms with Crippen LogP contribution in [-0.2, 0) is 11.2 Å². The molecule has 1 heterocycles. The lowest BCUT2D eigenvalue weighted by Gasteiger charge is -2.05. The largest absolute Gasteiger partial charge is 0.481 e. The van der Waals surface area contributed by atoms with Crippen LogP contribution < -0.4 is 0 Å². The summed E-state index contributed by atoms with van der Waals surface area (Å²) in [5.74, 6) is -2.48. The molecule has 5 heteroatoms. The summed E-state index contributed by atoms with van der Waals surface area (Å²) in [6.07, 6.45) is 0.695. The Morgan fingerprint density at radius 1 is 1.28 bits per heavy atom. The van der Waals surface area contributed by atoms with Crippen LogP contribution in [0.4, 0.5) is 8.78 Å². The van der Waals surface area contributed by atoms with Crippen LogP contribution in [0.1, 0.15) is 5.56 Å². The van der Waals surface area contributed by atoms with Crippen LogP contribution >= 0.6 is 0 Å². The summed E-state index contributed by atoms with van der Waals surface area (Å²) in [5.41, 5.74) is 0.547. The maximum absolute atomic E-state index is 13.5. The summed E-state index contributed by atoms with van der Waals surface area (Å²) in [5, 5.41) is 8.64. The molecule has 0 aliphatic carbocycles. The van der Waals surface area contributed by atoms with Crippen LogP contribution in [-0.4, -0.2) is 16.1 Å². The first-order valence-corrected chi connectivity index (χ1v) is 5.19. The molecule has 1 N–H and O–H groups in total. The standard InChI is InChI=1S/C13H9F2NO2/c14-11-4-2-1-3-10(11)9-5-8(6-12(17)18)13(15)16-7-9/h1-5,7H,6H2,(H,17,18). The summed E-state index contributed by atoms with van der Waals surface area (Å²) >= 11 is 0. The van der Waals surface area contributed by atoms with Crippen molar-refractivity contribution in [2.24, 2.45) is 0 Å². The number of benzene rings is 1. The summed E-state index contributed by atoms with van der Waals surface area (Å²) in [7, 11) is 0. The van der Waals surface area contributed by atoms with Gasteiger partial charge in [-0.2, -0.15) is 4.39 Å². The normalized spacial score (nSPS) is 10.3. The number of carboxylic acids is 1. The van der Waals surface area contributed by atoms with E-state index in [1.807, 2.05) is 0 Å². The maximum atomic E-state index is 13.5. The van der Waals surface area contributed by atoms with E-state index in [-0.39, 0.29) is 11.1 Å². The van der Waals surface area contributed by atoms with Crippen molar-refractivity contribution in [3.8, 4) is 11.1 Å². The minimum absolute atomic E-state index is 0.0664. The van der Waals surface area contributed by atoms with E-state index < -0.39 is 24.2 Å². The van der Waals surface area contributed by atoms with Crippen molar-refractivity contribution >= 4 is 5.97 Å². The molecule has 2 aromatic rings. The Balaban J connectivity index is 2.47. The molecule has 2 rings (SSSR count). The van der Waals surface area contributed by atoms with Gasteiger partial charge in [-0.05, 0) is 12.1 Å². The van der Waals surface area contributed by atoms with Gasteiger partial charge in [0, 0.05) is 22.9 Å². The maximum Gasteiger partial charge on any atom is 0.307 e. The number of pyridine rings is 1. The average molecular weight is 249 g/mol. The molecule has 1 aromatic heterocycles. The first kappa shape index (κ1) is 12.2. The molecular weight excluding hydrogens is 240 g/mol. The second kappa shape index (κ2) is 4.91. The Bertz CT molecular complexity index is 599. The second-order valence-corrected chi connectivity index (χ2v) is 3.72. The van der Waals surface area contributed by atoms with Crippen molar-refractivity contribution in [2.75, 3.05) is 0 Å². The van der Waals surface area contributed by atoms with Gasteiger partial charge in [-0.25, -0.2) is 9.37 Å². The molecule has 0 saturated carbocycles. The molecule has 1 aromatic carbocycles. The highest BCUT2D eigenvalue weighted by Gasteiger charge is 2.11. The lowest BCUT2D eigenvalue weighted by atomic mass is 10.0. The lowest BCUT2D eigenvalue weighted by molar-refractivity contribution is -0.136. The molecule has 92 valence electrons. The number of hydrogen-bond donors (Lipinski definition) is 1. The Hall–Kier alpha value is -2.30. The first-order valence-electron chi connectivity index (χ1n) is 5.19. The van der Waals surface area contributed by atoms with E-state index in [1.165, 1.54) is 30.5 Å². The average Bonchev–Trinajstić information content (AvgIpc) is 2.32. The third-order valence-electron chi connectivity index (χ3n) is 2.44. The molecule has 0 amide bonds. The van der Waals surface area contributed by atoms with Gasteiger partial charge in [0.05, 0.1) is 6.42 Å². The van der Waals surface area contributed by atoms with Crippen LogP contribution in [0, 0.1) is 11.8 Å². The van der Waals surface area contributed by atoms with Crippen molar-refractivity contribution in [1.82, 2.24) is 4.98 Å². The van der Waals surface area contributed by atoms with Crippen molar-refractivity contribution in [3.63, 3.8) is 0 Å². The number of nitrogens with zero attached hydrogens (tertiary/aromatic N) is 1. The van der Waals surface area contributed by atoms with E-state index in [2.05, 4.69) is 4.98 Å². The number of aliphatic carboxylic acids is 1. The highest BCUT2D eigenvalue weighted by molar-refractivity contribution is 5.72. The number of rotatable bonds is 3. The van der Waals surface area contributed by atoms with Gasteiger partial charge in [0.25, 0.3) is 0 Å². The number of carboxylic acid groups (broad SMARTS) is 1. The van der Waals surface area contributed by atoms with Gasteiger partial charge in [0.2, 0.25) is 5.95 Å². The Kier molecular flexibility index (Phi) is 3.32. The SMILES string of the molecule is O=C(O)Cc1cc(-c2ccccc2F)cnc1F. The molecule has 0 unspecified atom stereocenters. The first-order chi connectivity index (χ1) is 8.58. The highest BCUT2D eigenvalue weighted by Crippen LogP contribution is 2.23. The number of carbonyl (C=O) groups is 1. The van der Waals surface area contributed by atoms with Crippen LogP contribution in [0.25, 0.3) is 11.1 Å². The highest BCUT2D eigenvalue weighted by atomic mass is 19.1. The molecule has 0 bridgehead atoms. The minimum atomic E-state index is -1.17. The summed E-state index contributed by atoms with van der Waals surface area (Å²) in [6.45, 7) is 0. The molecular formula is C13H9F2NO2. The molecule has 0 spiro atoms. The molecule has 18 heavy (non-hydrogen) atoms.